The molecule has 0 radical (unpaired) electrons. The van der Waals surface area contributed by atoms with Gasteiger partial charge in [0, 0.05) is 11.8 Å². The van der Waals surface area contributed by atoms with E-state index in [1.54, 1.807) is 18.2 Å². The molecule has 1 heterocycles. The second-order valence-corrected chi connectivity index (χ2v) is 6.91. The van der Waals surface area contributed by atoms with Crippen molar-refractivity contribution in [2.45, 2.75) is 24.2 Å². The lowest BCUT2D eigenvalue weighted by Gasteiger charge is -2.23. The van der Waals surface area contributed by atoms with Crippen molar-refractivity contribution in [2.75, 3.05) is 19.3 Å². The lowest BCUT2D eigenvalue weighted by molar-refractivity contribution is 0.364. The van der Waals surface area contributed by atoms with Crippen molar-refractivity contribution in [3.63, 3.8) is 0 Å². The van der Waals surface area contributed by atoms with E-state index in [2.05, 4.69) is 5.32 Å². The minimum Gasteiger partial charge on any atom is -0.508 e. The normalized spacial score (nSPS) is 17.8. The van der Waals surface area contributed by atoms with Gasteiger partial charge in [-0.3, -0.25) is 0 Å². The van der Waals surface area contributed by atoms with Gasteiger partial charge in [0.05, 0.1) is 4.90 Å². The van der Waals surface area contributed by atoms with Crippen molar-refractivity contribution in [1.82, 2.24) is 5.32 Å². The highest BCUT2D eigenvalue weighted by atomic mass is 32.2. The van der Waals surface area contributed by atoms with Crippen LogP contribution in [0, 0.1) is 5.92 Å². The molecule has 1 saturated heterocycles. The molecule has 0 atom stereocenters. The monoisotopic (exact) mass is 269 g/mol. The molecule has 0 saturated carbocycles. The Labute approximate surface area is 108 Å². The lowest BCUT2D eigenvalue weighted by Crippen LogP contribution is -2.29. The van der Waals surface area contributed by atoms with Gasteiger partial charge in [-0.25, -0.2) is 8.42 Å². The second kappa shape index (κ2) is 5.28. The van der Waals surface area contributed by atoms with Crippen LogP contribution in [0.2, 0.25) is 0 Å². The van der Waals surface area contributed by atoms with E-state index >= 15 is 0 Å². The third kappa shape index (κ3) is 3.03. The Morgan fingerprint density at radius 1 is 1.33 bits per heavy atom. The standard InChI is InChI=1S/C13H19NO3S/c1-18(16,17)13-4-2-3-12(15)11(13)9-10-5-7-14-8-6-10/h2-4,10,14-15H,5-9H2,1H3. The predicted octanol–water partition coefficient (Wildman–Crippen LogP) is 1.34. The molecule has 0 aromatic heterocycles. The number of nitrogens with one attached hydrogen (secondary N) is 1. The molecule has 18 heavy (non-hydrogen) atoms. The van der Waals surface area contributed by atoms with Gasteiger partial charge >= 0.3 is 0 Å². The Morgan fingerprint density at radius 3 is 2.61 bits per heavy atom. The first kappa shape index (κ1) is 13.4. The number of benzene rings is 1. The third-order valence-corrected chi connectivity index (χ3v) is 4.64. The Morgan fingerprint density at radius 2 is 2.00 bits per heavy atom. The molecule has 0 spiro atoms. The topological polar surface area (TPSA) is 66.4 Å². The molecule has 2 rings (SSSR count). The van der Waals surface area contributed by atoms with Gasteiger partial charge < -0.3 is 10.4 Å². The number of aromatic hydroxyl groups is 1. The summed E-state index contributed by atoms with van der Waals surface area (Å²) in [6.07, 6.45) is 3.87. The molecule has 1 aromatic rings. The minimum absolute atomic E-state index is 0.0939. The predicted molar refractivity (Wildman–Crippen MR) is 70.5 cm³/mol. The van der Waals surface area contributed by atoms with Gasteiger partial charge in [-0.2, -0.15) is 0 Å². The van der Waals surface area contributed by atoms with Crippen molar-refractivity contribution in [3.8, 4) is 5.75 Å². The van der Waals surface area contributed by atoms with E-state index in [1.807, 2.05) is 0 Å². The largest absolute Gasteiger partial charge is 0.508 e. The van der Waals surface area contributed by atoms with Gasteiger partial charge in [0.2, 0.25) is 0 Å². The number of phenolic OH excluding ortho intramolecular Hbond substituents is 1. The van der Waals surface area contributed by atoms with Crippen LogP contribution in [-0.4, -0.2) is 32.9 Å². The number of hydrogen-bond acceptors (Lipinski definition) is 4. The summed E-state index contributed by atoms with van der Waals surface area (Å²) >= 11 is 0. The van der Waals surface area contributed by atoms with Gasteiger partial charge in [-0.15, -0.1) is 0 Å². The maximum atomic E-state index is 11.7. The Kier molecular flexibility index (Phi) is 3.92. The van der Waals surface area contributed by atoms with Crippen LogP contribution in [0.3, 0.4) is 0 Å². The molecular weight excluding hydrogens is 250 g/mol. The summed E-state index contributed by atoms with van der Waals surface area (Å²) in [5.41, 5.74) is 0.576. The third-order valence-electron chi connectivity index (χ3n) is 3.46. The van der Waals surface area contributed by atoms with Crippen LogP contribution in [0.15, 0.2) is 23.1 Å². The lowest BCUT2D eigenvalue weighted by atomic mass is 9.90. The summed E-state index contributed by atoms with van der Waals surface area (Å²) in [5, 5.41) is 13.2. The van der Waals surface area contributed by atoms with Crippen LogP contribution >= 0.6 is 0 Å². The molecular formula is C13H19NO3S. The summed E-state index contributed by atoms with van der Waals surface area (Å²) in [5.74, 6) is 0.538. The first-order chi connectivity index (χ1) is 8.48. The van der Waals surface area contributed by atoms with E-state index in [-0.39, 0.29) is 10.6 Å². The molecule has 0 bridgehead atoms. The highest BCUT2D eigenvalue weighted by Crippen LogP contribution is 2.29. The van der Waals surface area contributed by atoms with Gasteiger partial charge in [0.25, 0.3) is 0 Å². The van der Waals surface area contributed by atoms with Gasteiger partial charge in [0.1, 0.15) is 5.75 Å². The molecule has 100 valence electrons. The Balaban J connectivity index is 2.31. The zero-order valence-electron chi connectivity index (χ0n) is 10.5. The number of piperidine rings is 1. The van der Waals surface area contributed by atoms with Crippen LogP contribution in [0.4, 0.5) is 0 Å². The van der Waals surface area contributed by atoms with Crippen molar-refractivity contribution in [2.24, 2.45) is 5.92 Å². The fraction of sp³-hybridized carbons (Fsp3) is 0.538. The van der Waals surface area contributed by atoms with Crippen molar-refractivity contribution >= 4 is 9.84 Å². The maximum Gasteiger partial charge on any atom is 0.175 e. The number of phenols is 1. The van der Waals surface area contributed by atoms with Gasteiger partial charge in [-0.1, -0.05) is 6.07 Å². The highest BCUT2D eigenvalue weighted by Gasteiger charge is 2.21. The molecule has 1 fully saturated rings. The molecule has 0 unspecified atom stereocenters. The van der Waals surface area contributed by atoms with Crippen LogP contribution < -0.4 is 5.32 Å². The average Bonchev–Trinajstić information content (AvgIpc) is 2.32. The number of hydrogen-bond donors (Lipinski definition) is 2. The molecule has 0 aliphatic carbocycles. The molecule has 1 aliphatic rings. The van der Waals surface area contributed by atoms with E-state index < -0.39 is 9.84 Å². The quantitative estimate of drug-likeness (QED) is 0.869. The molecule has 0 amide bonds. The summed E-state index contributed by atoms with van der Waals surface area (Å²) in [6, 6.07) is 4.72. The number of sulfone groups is 1. The van der Waals surface area contributed by atoms with Crippen molar-refractivity contribution in [3.05, 3.63) is 23.8 Å². The van der Waals surface area contributed by atoms with E-state index in [9.17, 15) is 13.5 Å². The fourth-order valence-electron chi connectivity index (χ4n) is 2.48. The molecule has 2 N–H and O–H groups in total. The van der Waals surface area contributed by atoms with Crippen LogP contribution in [-0.2, 0) is 16.3 Å². The smallest absolute Gasteiger partial charge is 0.175 e. The fourth-order valence-corrected chi connectivity index (χ4v) is 3.44. The van der Waals surface area contributed by atoms with E-state index in [1.165, 1.54) is 6.26 Å². The summed E-state index contributed by atoms with van der Waals surface area (Å²) in [7, 11) is -3.28. The van der Waals surface area contributed by atoms with Crippen LogP contribution in [0.5, 0.6) is 5.75 Å². The zero-order chi connectivity index (χ0) is 13.2. The second-order valence-electron chi connectivity index (χ2n) is 4.92. The van der Waals surface area contributed by atoms with Gasteiger partial charge in [0.15, 0.2) is 9.84 Å². The maximum absolute atomic E-state index is 11.7. The molecule has 1 aromatic carbocycles. The average molecular weight is 269 g/mol. The Bertz CT molecular complexity index is 519. The minimum atomic E-state index is -3.28. The van der Waals surface area contributed by atoms with E-state index in [0.29, 0.717) is 17.9 Å². The zero-order valence-corrected chi connectivity index (χ0v) is 11.3. The molecule has 4 nitrogen and oxygen atoms in total. The summed E-state index contributed by atoms with van der Waals surface area (Å²) in [4.78, 5) is 0.265. The van der Waals surface area contributed by atoms with Crippen LogP contribution in [0.25, 0.3) is 0 Å². The summed E-state index contributed by atoms with van der Waals surface area (Å²) in [6.45, 7) is 1.93. The van der Waals surface area contributed by atoms with E-state index in [4.69, 9.17) is 0 Å². The van der Waals surface area contributed by atoms with Crippen LogP contribution in [0.1, 0.15) is 18.4 Å². The van der Waals surface area contributed by atoms with Crippen molar-refractivity contribution < 1.29 is 13.5 Å². The highest BCUT2D eigenvalue weighted by molar-refractivity contribution is 7.90. The number of rotatable bonds is 3. The SMILES string of the molecule is CS(=O)(=O)c1cccc(O)c1CC1CCNCC1. The molecule has 5 heteroatoms. The molecule has 1 aliphatic heterocycles. The Hall–Kier alpha value is -1.07. The van der Waals surface area contributed by atoms with Gasteiger partial charge in [-0.05, 0) is 50.4 Å². The first-order valence-corrected chi connectivity index (χ1v) is 8.09. The summed E-state index contributed by atoms with van der Waals surface area (Å²) < 4.78 is 23.4. The van der Waals surface area contributed by atoms with E-state index in [0.717, 1.165) is 25.9 Å². The van der Waals surface area contributed by atoms with Crippen molar-refractivity contribution in [1.29, 1.82) is 0 Å². The first-order valence-electron chi connectivity index (χ1n) is 6.20.